The number of likely N-dealkylation sites (N-methyl/N-ethyl adjacent to an activating group) is 1. The van der Waals surface area contributed by atoms with Crippen molar-refractivity contribution in [3.05, 3.63) is 97.9 Å². The minimum atomic E-state index is -0.703. The van der Waals surface area contributed by atoms with Crippen LogP contribution in [0.15, 0.2) is 81.7 Å². The Morgan fingerprint density at radius 2 is 1.74 bits per heavy atom. The summed E-state index contributed by atoms with van der Waals surface area (Å²) in [5.41, 5.74) is 1.87. The van der Waals surface area contributed by atoms with E-state index >= 15 is 0 Å². The summed E-state index contributed by atoms with van der Waals surface area (Å²) in [5.74, 6) is -0.00541. The minimum Gasteiger partial charge on any atom is -0.483 e. The molecule has 0 radical (unpaired) electrons. The number of nitrogens with zero attached hydrogens (tertiary/aromatic N) is 1. The molecule has 0 fully saturated rings. The van der Waals surface area contributed by atoms with Gasteiger partial charge in [0.15, 0.2) is 6.61 Å². The van der Waals surface area contributed by atoms with Crippen molar-refractivity contribution in [2.24, 2.45) is 0 Å². The molecule has 5 nitrogen and oxygen atoms in total. The lowest BCUT2D eigenvalue weighted by atomic mass is 10.0. The second kappa shape index (κ2) is 12.9. The van der Waals surface area contributed by atoms with E-state index in [4.69, 9.17) is 16.3 Å². The molecule has 0 heterocycles. The fourth-order valence-corrected chi connectivity index (χ4v) is 4.74. The monoisotopic (exact) mass is 606 g/mol. The molecule has 1 N–H and O–H groups in total. The number of carbonyl (C=O) groups is 2. The Balaban J connectivity index is 1.90. The van der Waals surface area contributed by atoms with Crippen molar-refractivity contribution in [2.45, 2.75) is 25.9 Å². The fourth-order valence-electron chi connectivity index (χ4n) is 3.49. The lowest BCUT2D eigenvalue weighted by Crippen LogP contribution is -2.51. The van der Waals surface area contributed by atoms with Gasteiger partial charge in [-0.1, -0.05) is 70.0 Å². The Morgan fingerprint density at radius 3 is 2.41 bits per heavy atom. The maximum absolute atomic E-state index is 13.5. The van der Waals surface area contributed by atoms with Crippen LogP contribution in [-0.4, -0.2) is 35.9 Å². The van der Waals surface area contributed by atoms with E-state index in [0.29, 0.717) is 28.2 Å². The predicted molar refractivity (Wildman–Crippen MR) is 142 cm³/mol. The van der Waals surface area contributed by atoms with Gasteiger partial charge in [-0.2, -0.15) is 0 Å². The average Bonchev–Trinajstić information content (AvgIpc) is 2.81. The van der Waals surface area contributed by atoms with Crippen LogP contribution in [-0.2, 0) is 22.6 Å². The van der Waals surface area contributed by atoms with Crippen LogP contribution in [0.25, 0.3) is 0 Å². The number of halogens is 3. The van der Waals surface area contributed by atoms with E-state index in [1.165, 1.54) is 0 Å². The number of benzene rings is 3. The molecule has 1 atom stereocenters. The van der Waals surface area contributed by atoms with Gasteiger partial charge in [0.1, 0.15) is 11.8 Å². The summed E-state index contributed by atoms with van der Waals surface area (Å²) in [6.45, 7) is 2.37. The molecule has 3 aromatic carbocycles. The summed E-state index contributed by atoms with van der Waals surface area (Å²) >= 11 is 12.9. The average molecular weight is 609 g/mol. The number of hydrogen-bond acceptors (Lipinski definition) is 3. The third-order valence-corrected chi connectivity index (χ3v) is 6.46. The van der Waals surface area contributed by atoms with Gasteiger partial charge in [0, 0.05) is 29.0 Å². The first kappa shape index (κ1) is 26.3. The zero-order valence-electron chi connectivity index (χ0n) is 18.6. The van der Waals surface area contributed by atoms with E-state index in [1.54, 1.807) is 23.1 Å². The van der Waals surface area contributed by atoms with Crippen molar-refractivity contribution < 1.29 is 14.3 Å². The van der Waals surface area contributed by atoms with Crippen LogP contribution in [0.4, 0.5) is 0 Å². The molecular weight excluding hydrogens is 584 g/mol. The largest absolute Gasteiger partial charge is 0.483 e. The molecule has 3 rings (SSSR count). The summed E-state index contributed by atoms with van der Waals surface area (Å²) in [6, 6.07) is 21.8. The van der Waals surface area contributed by atoms with Gasteiger partial charge in [0.2, 0.25) is 5.91 Å². The molecule has 8 heteroatoms. The van der Waals surface area contributed by atoms with Crippen LogP contribution in [0.2, 0.25) is 5.02 Å². The zero-order chi connectivity index (χ0) is 24.5. The van der Waals surface area contributed by atoms with Crippen molar-refractivity contribution in [2.75, 3.05) is 13.2 Å². The highest BCUT2D eigenvalue weighted by molar-refractivity contribution is 9.10. The van der Waals surface area contributed by atoms with Crippen molar-refractivity contribution in [3.63, 3.8) is 0 Å². The number of carbonyl (C=O) groups excluding carboxylic acids is 2. The van der Waals surface area contributed by atoms with Crippen LogP contribution < -0.4 is 10.1 Å². The van der Waals surface area contributed by atoms with Crippen molar-refractivity contribution in [1.29, 1.82) is 0 Å². The van der Waals surface area contributed by atoms with Crippen LogP contribution in [0.1, 0.15) is 18.1 Å². The van der Waals surface area contributed by atoms with Crippen LogP contribution in [0, 0.1) is 0 Å². The van der Waals surface area contributed by atoms with Crippen LogP contribution >= 0.6 is 43.5 Å². The predicted octanol–water partition coefficient (Wildman–Crippen LogP) is 6.02. The number of amides is 2. The highest BCUT2D eigenvalue weighted by Gasteiger charge is 2.30. The molecule has 0 unspecified atom stereocenters. The molecule has 0 spiro atoms. The van der Waals surface area contributed by atoms with E-state index in [0.717, 1.165) is 15.6 Å². The first-order chi connectivity index (χ1) is 16.4. The molecule has 0 aliphatic heterocycles. The molecular formula is C26H25Br2ClN2O3. The van der Waals surface area contributed by atoms with E-state index in [2.05, 4.69) is 37.2 Å². The summed E-state index contributed by atoms with van der Waals surface area (Å²) < 4.78 is 7.35. The summed E-state index contributed by atoms with van der Waals surface area (Å²) in [5, 5.41) is 3.44. The van der Waals surface area contributed by atoms with Gasteiger partial charge in [-0.3, -0.25) is 9.59 Å². The van der Waals surface area contributed by atoms with Gasteiger partial charge in [0.05, 0.1) is 4.47 Å². The molecule has 0 aliphatic rings. The minimum absolute atomic E-state index is 0.206. The molecule has 0 bridgehead atoms. The molecule has 0 aromatic heterocycles. The smallest absolute Gasteiger partial charge is 0.261 e. The second-order valence-electron chi connectivity index (χ2n) is 7.62. The Kier molecular flexibility index (Phi) is 9.99. The van der Waals surface area contributed by atoms with Gasteiger partial charge in [-0.15, -0.1) is 0 Å². The van der Waals surface area contributed by atoms with E-state index in [1.807, 2.05) is 61.5 Å². The second-order valence-corrected chi connectivity index (χ2v) is 9.82. The van der Waals surface area contributed by atoms with E-state index < -0.39 is 6.04 Å². The standard InChI is InChI=1S/C26H25Br2ClN2O3/c1-2-30-26(33)23(14-18-7-4-3-5-8-18)31(16-19-9-6-10-20(27)13-19)25(32)17-34-24-12-11-21(29)15-22(24)28/h3-13,15,23H,2,14,16-17H2,1H3,(H,30,33)/t23-/m1/s1. The number of rotatable bonds is 10. The molecule has 2 amide bonds. The Labute approximate surface area is 221 Å². The number of hydrogen-bond donors (Lipinski definition) is 1. The van der Waals surface area contributed by atoms with Crippen LogP contribution in [0.3, 0.4) is 0 Å². The molecule has 178 valence electrons. The van der Waals surface area contributed by atoms with Crippen molar-refractivity contribution in [3.8, 4) is 5.75 Å². The topological polar surface area (TPSA) is 58.6 Å². The molecule has 3 aromatic rings. The van der Waals surface area contributed by atoms with Gasteiger partial charge in [0.25, 0.3) is 5.91 Å². The van der Waals surface area contributed by atoms with Gasteiger partial charge < -0.3 is 15.0 Å². The Morgan fingerprint density at radius 1 is 1.00 bits per heavy atom. The Bertz CT molecular complexity index is 1130. The molecule has 34 heavy (non-hydrogen) atoms. The van der Waals surface area contributed by atoms with Gasteiger partial charge in [-0.25, -0.2) is 0 Å². The first-order valence-corrected chi connectivity index (χ1v) is 12.8. The quantitative estimate of drug-likeness (QED) is 0.306. The Hall–Kier alpha value is -2.35. The van der Waals surface area contributed by atoms with Gasteiger partial charge in [-0.05, 0) is 64.3 Å². The summed E-state index contributed by atoms with van der Waals surface area (Å²) in [7, 11) is 0. The van der Waals surface area contributed by atoms with Crippen molar-refractivity contribution >= 4 is 55.3 Å². The highest BCUT2D eigenvalue weighted by Crippen LogP contribution is 2.28. The highest BCUT2D eigenvalue weighted by atomic mass is 79.9. The zero-order valence-corrected chi connectivity index (χ0v) is 22.6. The molecule has 0 saturated carbocycles. The van der Waals surface area contributed by atoms with Gasteiger partial charge >= 0.3 is 0 Å². The number of nitrogens with one attached hydrogen (secondary N) is 1. The normalized spacial score (nSPS) is 11.5. The third kappa shape index (κ3) is 7.58. The van der Waals surface area contributed by atoms with Crippen LogP contribution in [0.5, 0.6) is 5.75 Å². The SMILES string of the molecule is CCNC(=O)[C@@H](Cc1ccccc1)N(Cc1cccc(Br)c1)C(=O)COc1ccc(Cl)cc1Br. The van der Waals surface area contributed by atoms with E-state index in [-0.39, 0.29) is 25.0 Å². The lowest BCUT2D eigenvalue weighted by molar-refractivity contribution is -0.142. The molecule has 0 aliphatic carbocycles. The summed E-state index contributed by atoms with van der Waals surface area (Å²) in [6.07, 6.45) is 0.386. The van der Waals surface area contributed by atoms with Crippen molar-refractivity contribution in [1.82, 2.24) is 10.2 Å². The number of ether oxygens (including phenoxy) is 1. The maximum atomic E-state index is 13.5. The third-order valence-electron chi connectivity index (χ3n) is 5.11. The molecule has 0 saturated heterocycles. The fraction of sp³-hybridized carbons (Fsp3) is 0.231. The summed E-state index contributed by atoms with van der Waals surface area (Å²) in [4.78, 5) is 28.2. The lowest BCUT2D eigenvalue weighted by Gasteiger charge is -2.31. The first-order valence-electron chi connectivity index (χ1n) is 10.8. The maximum Gasteiger partial charge on any atom is 0.261 e. The van der Waals surface area contributed by atoms with E-state index in [9.17, 15) is 9.59 Å².